The third kappa shape index (κ3) is 2.59. The van der Waals surface area contributed by atoms with Crippen molar-refractivity contribution in [2.24, 2.45) is 11.7 Å². The summed E-state index contributed by atoms with van der Waals surface area (Å²) in [6.45, 7) is 2.62. The number of rotatable bonds is 5. The quantitative estimate of drug-likeness (QED) is 0.844. The second-order valence-electron chi connectivity index (χ2n) is 4.15. The van der Waals surface area contributed by atoms with Crippen LogP contribution in [0.5, 0.6) is 0 Å². The molecule has 16 heavy (non-hydrogen) atoms. The summed E-state index contributed by atoms with van der Waals surface area (Å²) in [7, 11) is 0. The van der Waals surface area contributed by atoms with Gasteiger partial charge in [0, 0.05) is 31.0 Å². The molecule has 90 valence electrons. The van der Waals surface area contributed by atoms with Gasteiger partial charge in [-0.15, -0.1) is 0 Å². The molecule has 1 saturated heterocycles. The van der Waals surface area contributed by atoms with Gasteiger partial charge < -0.3 is 15.0 Å². The second kappa shape index (κ2) is 5.70. The van der Waals surface area contributed by atoms with Gasteiger partial charge >= 0.3 is 0 Å². The standard InChI is InChI=1S/C11H19N3OS/c1-16-5-3-14-8-13-6-10(14)11(12)9-2-4-15-7-9/h6,8-9,11H,2-5,7,12H2,1H3. The zero-order valence-electron chi connectivity index (χ0n) is 9.63. The van der Waals surface area contributed by atoms with Gasteiger partial charge in [-0.05, 0) is 12.7 Å². The summed E-state index contributed by atoms with van der Waals surface area (Å²) >= 11 is 1.84. The fourth-order valence-electron chi connectivity index (χ4n) is 2.06. The molecule has 2 N–H and O–H groups in total. The lowest BCUT2D eigenvalue weighted by Crippen LogP contribution is -2.24. The highest BCUT2D eigenvalue weighted by molar-refractivity contribution is 7.98. The predicted octanol–water partition coefficient (Wildman–Crippen LogP) is 1.28. The first kappa shape index (κ1) is 12.0. The number of hydrogen-bond donors (Lipinski definition) is 1. The third-order valence-electron chi connectivity index (χ3n) is 3.10. The van der Waals surface area contributed by atoms with E-state index in [1.165, 1.54) is 0 Å². The van der Waals surface area contributed by atoms with E-state index in [-0.39, 0.29) is 6.04 Å². The zero-order chi connectivity index (χ0) is 11.4. The zero-order valence-corrected chi connectivity index (χ0v) is 10.4. The summed E-state index contributed by atoms with van der Waals surface area (Å²) in [5.41, 5.74) is 7.41. The summed E-state index contributed by atoms with van der Waals surface area (Å²) in [4.78, 5) is 4.20. The van der Waals surface area contributed by atoms with E-state index >= 15 is 0 Å². The maximum absolute atomic E-state index is 6.27. The number of aromatic nitrogens is 2. The first-order valence-corrected chi connectivity index (χ1v) is 7.04. The summed E-state index contributed by atoms with van der Waals surface area (Å²) in [6, 6.07) is 0.0619. The number of hydrogen-bond acceptors (Lipinski definition) is 4. The minimum Gasteiger partial charge on any atom is -0.381 e. The van der Waals surface area contributed by atoms with Crippen molar-refractivity contribution in [3.8, 4) is 0 Å². The minimum atomic E-state index is 0.0619. The van der Waals surface area contributed by atoms with Crippen molar-refractivity contribution < 1.29 is 4.74 Å². The number of thioether (sulfide) groups is 1. The molecule has 4 nitrogen and oxygen atoms in total. The SMILES string of the molecule is CSCCn1cncc1C(N)C1CCOC1. The van der Waals surface area contributed by atoms with E-state index in [1.807, 2.05) is 24.3 Å². The van der Waals surface area contributed by atoms with Gasteiger partial charge in [-0.3, -0.25) is 0 Å². The van der Waals surface area contributed by atoms with Crippen LogP contribution in [0.2, 0.25) is 0 Å². The van der Waals surface area contributed by atoms with Gasteiger partial charge in [-0.1, -0.05) is 0 Å². The molecule has 0 spiro atoms. The van der Waals surface area contributed by atoms with Crippen molar-refractivity contribution in [3.63, 3.8) is 0 Å². The Labute approximate surface area is 101 Å². The highest BCUT2D eigenvalue weighted by Gasteiger charge is 2.26. The topological polar surface area (TPSA) is 53.1 Å². The van der Waals surface area contributed by atoms with Crippen molar-refractivity contribution in [1.82, 2.24) is 9.55 Å². The Morgan fingerprint density at radius 3 is 3.31 bits per heavy atom. The van der Waals surface area contributed by atoms with Gasteiger partial charge in [0.25, 0.3) is 0 Å². The third-order valence-corrected chi connectivity index (χ3v) is 3.69. The summed E-state index contributed by atoms with van der Waals surface area (Å²) in [5.74, 6) is 1.54. The molecule has 1 aliphatic heterocycles. The Kier molecular flexibility index (Phi) is 4.26. The van der Waals surface area contributed by atoms with Gasteiger partial charge in [-0.25, -0.2) is 4.98 Å². The van der Waals surface area contributed by atoms with E-state index in [9.17, 15) is 0 Å². The van der Waals surface area contributed by atoms with Crippen molar-refractivity contribution in [1.29, 1.82) is 0 Å². The molecule has 1 aliphatic rings. The normalized spacial score (nSPS) is 22.5. The molecule has 0 bridgehead atoms. The predicted molar refractivity (Wildman–Crippen MR) is 66.5 cm³/mol. The largest absolute Gasteiger partial charge is 0.381 e. The van der Waals surface area contributed by atoms with Crippen LogP contribution in [0.1, 0.15) is 18.2 Å². The number of aryl methyl sites for hydroxylation is 1. The Hall–Kier alpha value is -0.520. The Balaban J connectivity index is 2.03. The lowest BCUT2D eigenvalue weighted by molar-refractivity contribution is 0.180. The summed E-state index contributed by atoms with van der Waals surface area (Å²) in [6.07, 6.45) is 6.95. The van der Waals surface area contributed by atoms with Crippen LogP contribution in [0.15, 0.2) is 12.5 Å². The molecule has 2 atom stereocenters. The Morgan fingerprint density at radius 1 is 1.75 bits per heavy atom. The molecule has 0 amide bonds. The average molecular weight is 241 g/mol. The van der Waals surface area contributed by atoms with Gasteiger partial charge in [-0.2, -0.15) is 11.8 Å². The molecule has 1 aromatic heterocycles. The van der Waals surface area contributed by atoms with Gasteiger partial charge in [0.2, 0.25) is 0 Å². The van der Waals surface area contributed by atoms with Crippen LogP contribution in [0, 0.1) is 5.92 Å². The van der Waals surface area contributed by atoms with Gasteiger partial charge in [0.15, 0.2) is 0 Å². The van der Waals surface area contributed by atoms with Gasteiger partial charge in [0.1, 0.15) is 0 Å². The Morgan fingerprint density at radius 2 is 2.62 bits per heavy atom. The first-order chi connectivity index (χ1) is 7.83. The molecule has 0 saturated carbocycles. The van der Waals surface area contributed by atoms with E-state index in [0.29, 0.717) is 5.92 Å². The van der Waals surface area contributed by atoms with E-state index < -0.39 is 0 Å². The van der Waals surface area contributed by atoms with Crippen LogP contribution in [0.4, 0.5) is 0 Å². The second-order valence-corrected chi connectivity index (χ2v) is 5.14. The molecule has 2 heterocycles. The molecular weight excluding hydrogens is 222 g/mol. The van der Waals surface area contributed by atoms with Crippen LogP contribution in [-0.2, 0) is 11.3 Å². The highest BCUT2D eigenvalue weighted by Crippen LogP contribution is 2.26. The van der Waals surface area contributed by atoms with Crippen molar-refractivity contribution in [3.05, 3.63) is 18.2 Å². The average Bonchev–Trinajstić information content (AvgIpc) is 2.96. The lowest BCUT2D eigenvalue weighted by Gasteiger charge is -2.19. The summed E-state index contributed by atoms with van der Waals surface area (Å²) in [5, 5.41) is 0. The lowest BCUT2D eigenvalue weighted by atomic mass is 9.97. The van der Waals surface area contributed by atoms with E-state index in [1.54, 1.807) is 0 Å². The van der Waals surface area contributed by atoms with Crippen molar-refractivity contribution in [2.45, 2.75) is 19.0 Å². The maximum Gasteiger partial charge on any atom is 0.0948 e. The van der Waals surface area contributed by atoms with Gasteiger partial charge in [0.05, 0.1) is 24.7 Å². The van der Waals surface area contributed by atoms with Crippen LogP contribution >= 0.6 is 11.8 Å². The molecular formula is C11H19N3OS. The Bertz CT molecular complexity index is 323. The molecule has 1 fully saturated rings. The van der Waals surface area contributed by atoms with Crippen LogP contribution in [-0.4, -0.2) is 34.8 Å². The molecule has 0 aliphatic carbocycles. The van der Waals surface area contributed by atoms with Crippen molar-refractivity contribution >= 4 is 11.8 Å². The fourth-order valence-corrected chi connectivity index (χ4v) is 2.44. The molecule has 0 radical (unpaired) electrons. The maximum atomic E-state index is 6.27. The van der Waals surface area contributed by atoms with E-state index in [4.69, 9.17) is 10.5 Å². The first-order valence-electron chi connectivity index (χ1n) is 5.65. The molecule has 0 aromatic carbocycles. The monoisotopic (exact) mass is 241 g/mol. The highest BCUT2D eigenvalue weighted by atomic mass is 32.2. The molecule has 2 unspecified atom stereocenters. The van der Waals surface area contributed by atoms with Crippen LogP contribution in [0.3, 0.4) is 0 Å². The fraction of sp³-hybridized carbons (Fsp3) is 0.727. The molecule has 2 rings (SSSR count). The number of nitrogens with zero attached hydrogens (tertiary/aromatic N) is 2. The van der Waals surface area contributed by atoms with E-state index in [2.05, 4.69) is 15.8 Å². The number of imidazole rings is 1. The van der Waals surface area contributed by atoms with Crippen molar-refractivity contribution in [2.75, 3.05) is 25.2 Å². The number of nitrogens with two attached hydrogens (primary N) is 1. The van der Waals surface area contributed by atoms with E-state index in [0.717, 1.165) is 37.6 Å². The molecule has 5 heteroatoms. The summed E-state index contributed by atoms with van der Waals surface area (Å²) < 4.78 is 7.55. The number of ether oxygens (including phenoxy) is 1. The van der Waals surface area contributed by atoms with Crippen LogP contribution < -0.4 is 5.73 Å². The smallest absolute Gasteiger partial charge is 0.0948 e. The minimum absolute atomic E-state index is 0.0619. The van der Waals surface area contributed by atoms with Crippen LogP contribution in [0.25, 0.3) is 0 Å². The molecule has 1 aromatic rings.